The van der Waals surface area contributed by atoms with E-state index in [9.17, 15) is 5.11 Å². The highest BCUT2D eigenvalue weighted by atomic mass is 16.6. The van der Waals surface area contributed by atoms with Gasteiger partial charge in [0, 0.05) is 12.1 Å². The summed E-state index contributed by atoms with van der Waals surface area (Å²) in [5, 5.41) is 9.34. The Morgan fingerprint density at radius 2 is 2.00 bits per heavy atom. The van der Waals surface area contributed by atoms with Crippen LogP contribution in [0, 0.1) is 0 Å². The van der Waals surface area contributed by atoms with E-state index in [-0.39, 0.29) is 18.2 Å². The van der Waals surface area contributed by atoms with Crippen molar-refractivity contribution >= 4 is 0 Å². The topological polar surface area (TPSA) is 41.9 Å². The molecule has 1 aromatic carbocycles. The van der Waals surface area contributed by atoms with Gasteiger partial charge in [-0.05, 0) is 33.0 Å². The molecule has 18 heavy (non-hydrogen) atoms. The lowest BCUT2D eigenvalue weighted by molar-refractivity contribution is 0.0164. The Morgan fingerprint density at radius 3 is 2.67 bits per heavy atom. The molecule has 0 saturated carbocycles. The maximum absolute atomic E-state index is 9.34. The van der Waals surface area contributed by atoms with Crippen LogP contribution in [0.3, 0.4) is 0 Å². The predicted molar refractivity (Wildman–Crippen MR) is 70.1 cm³/mol. The molecule has 0 fully saturated rings. The molecule has 0 aromatic heterocycles. The molecular formula is C14H21NO3. The van der Waals surface area contributed by atoms with Crippen LogP contribution in [-0.2, 0) is 0 Å². The molecule has 4 nitrogen and oxygen atoms in total. The first-order chi connectivity index (χ1) is 8.53. The van der Waals surface area contributed by atoms with Gasteiger partial charge in [-0.3, -0.25) is 4.90 Å². The number of aliphatic hydroxyl groups excluding tert-OH is 1. The van der Waals surface area contributed by atoms with Crippen molar-refractivity contribution in [1.29, 1.82) is 0 Å². The molecule has 0 saturated heterocycles. The summed E-state index contributed by atoms with van der Waals surface area (Å²) < 4.78 is 11.6. The molecule has 0 bridgehead atoms. The number of nitrogens with zero attached hydrogens (tertiary/aromatic N) is 1. The van der Waals surface area contributed by atoms with Gasteiger partial charge in [-0.15, -0.1) is 0 Å². The first kappa shape index (κ1) is 13.2. The normalized spacial score (nSPS) is 19.1. The van der Waals surface area contributed by atoms with E-state index >= 15 is 0 Å². The molecule has 1 aliphatic heterocycles. The average molecular weight is 251 g/mol. The minimum atomic E-state index is -0.250. The van der Waals surface area contributed by atoms with Gasteiger partial charge in [-0.25, -0.2) is 0 Å². The van der Waals surface area contributed by atoms with E-state index in [0.717, 1.165) is 18.0 Å². The summed E-state index contributed by atoms with van der Waals surface area (Å²) >= 11 is 0. The molecule has 1 N–H and O–H groups in total. The highest BCUT2D eigenvalue weighted by Gasteiger charge is 2.28. The Bertz CT molecular complexity index is 406. The van der Waals surface area contributed by atoms with Gasteiger partial charge >= 0.3 is 0 Å². The van der Waals surface area contributed by atoms with Gasteiger partial charge in [-0.1, -0.05) is 12.1 Å². The monoisotopic (exact) mass is 251 g/mol. The minimum Gasteiger partial charge on any atom is -0.486 e. The fourth-order valence-electron chi connectivity index (χ4n) is 1.83. The average Bonchev–Trinajstić information content (AvgIpc) is 2.38. The second kappa shape index (κ2) is 5.16. The smallest absolute Gasteiger partial charge is 0.161 e. The number of likely N-dealkylation sites (N-methyl/N-ethyl adjacent to an activating group) is 1. The van der Waals surface area contributed by atoms with Crippen molar-refractivity contribution in [3.8, 4) is 11.5 Å². The Hall–Kier alpha value is -1.26. The number of benzene rings is 1. The molecule has 0 aliphatic carbocycles. The van der Waals surface area contributed by atoms with Crippen molar-refractivity contribution in [3.63, 3.8) is 0 Å². The van der Waals surface area contributed by atoms with Gasteiger partial charge in [-0.2, -0.15) is 0 Å². The number of aliphatic hydroxyl groups is 1. The fourth-order valence-corrected chi connectivity index (χ4v) is 1.83. The quantitative estimate of drug-likeness (QED) is 0.881. The largest absolute Gasteiger partial charge is 0.486 e. The second-order valence-electron chi connectivity index (χ2n) is 5.35. The third kappa shape index (κ3) is 2.76. The van der Waals surface area contributed by atoms with Gasteiger partial charge in [0.2, 0.25) is 0 Å². The zero-order valence-corrected chi connectivity index (χ0v) is 11.2. The number of ether oxygens (including phenoxy) is 2. The maximum atomic E-state index is 9.34. The second-order valence-corrected chi connectivity index (χ2v) is 5.35. The molecule has 0 spiro atoms. The summed E-state index contributed by atoms with van der Waals surface area (Å²) in [7, 11) is 1.99. The van der Waals surface area contributed by atoms with E-state index in [2.05, 4.69) is 4.90 Å². The van der Waals surface area contributed by atoms with E-state index in [1.54, 1.807) is 0 Å². The van der Waals surface area contributed by atoms with Crippen LogP contribution in [0.15, 0.2) is 24.3 Å². The zero-order valence-electron chi connectivity index (χ0n) is 11.2. The van der Waals surface area contributed by atoms with Crippen molar-refractivity contribution in [3.05, 3.63) is 24.3 Å². The van der Waals surface area contributed by atoms with E-state index in [1.165, 1.54) is 0 Å². The van der Waals surface area contributed by atoms with E-state index < -0.39 is 0 Å². The van der Waals surface area contributed by atoms with Crippen LogP contribution in [-0.4, -0.2) is 48.5 Å². The Labute approximate surface area is 108 Å². The van der Waals surface area contributed by atoms with Gasteiger partial charge in [0.25, 0.3) is 0 Å². The van der Waals surface area contributed by atoms with Gasteiger partial charge in [0.15, 0.2) is 11.5 Å². The Morgan fingerprint density at radius 1 is 1.33 bits per heavy atom. The lowest BCUT2D eigenvalue weighted by atomic mass is 10.0. The van der Waals surface area contributed by atoms with Gasteiger partial charge in [0.1, 0.15) is 12.7 Å². The number of para-hydroxylation sites is 2. The molecule has 100 valence electrons. The number of rotatable bonds is 4. The van der Waals surface area contributed by atoms with Crippen LogP contribution in [0.4, 0.5) is 0 Å². The molecule has 0 radical (unpaired) electrons. The van der Waals surface area contributed by atoms with E-state index in [4.69, 9.17) is 9.47 Å². The van der Waals surface area contributed by atoms with E-state index in [0.29, 0.717) is 6.61 Å². The standard InChI is InChI=1S/C14H21NO3/c1-14(2,10-16)15(3)8-11-9-17-12-6-4-5-7-13(12)18-11/h4-7,11,16H,8-10H2,1-3H3. The Kier molecular flexibility index (Phi) is 3.78. The summed E-state index contributed by atoms with van der Waals surface area (Å²) in [5.74, 6) is 1.60. The van der Waals surface area contributed by atoms with Crippen LogP contribution in [0.2, 0.25) is 0 Å². The predicted octanol–water partition coefficient (Wildman–Crippen LogP) is 1.53. The lowest BCUT2D eigenvalue weighted by Gasteiger charge is -2.37. The van der Waals surface area contributed by atoms with Crippen molar-refractivity contribution < 1.29 is 14.6 Å². The molecule has 1 atom stereocenters. The Balaban J connectivity index is 1.98. The first-order valence-electron chi connectivity index (χ1n) is 6.23. The van der Waals surface area contributed by atoms with Gasteiger partial charge in [0.05, 0.1) is 6.61 Å². The molecule has 1 heterocycles. The lowest BCUT2D eigenvalue weighted by Crippen LogP contribution is -2.50. The van der Waals surface area contributed by atoms with Crippen LogP contribution in [0.5, 0.6) is 11.5 Å². The van der Waals surface area contributed by atoms with Crippen molar-refractivity contribution in [2.75, 3.05) is 26.8 Å². The number of hydrogen-bond donors (Lipinski definition) is 1. The minimum absolute atomic E-state index is 0.00396. The molecule has 4 heteroatoms. The summed E-state index contributed by atoms with van der Waals surface area (Å²) in [6.45, 7) is 5.40. The molecular weight excluding hydrogens is 230 g/mol. The van der Waals surface area contributed by atoms with Gasteiger partial charge < -0.3 is 14.6 Å². The summed E-state index contributed by atoms with van der Waals surface area (Å²) in [4.78, 5) is 2.09. The maximum Gasteiger partial charge on any atom is 0.161 e. The molecule has 1 unspecified atom stereocenters. The van der Waals surface area contributed by atoms with Crippen molar-refractivity contribution in [1.82, 2.24) is 4.90 Å². The highest BCUT2D eigenvalue weighted by molar-refractivity contribution is 5.40. The highest BCUT2D eigenvalue weighted by Crippen LogP contribution is 2.31. The van der Waals surface area contributed by atoms with Crippen LogP contribution >= 0.6 is 0 Å². The summed E-state index contributed by atoms with van der Waals surface area (Å²) in [6, 6.07) is 7.70. The first-order valence-corrected chi connectivity index (χ1v) is 6.23. The van der Waals surface area contributed by atoms with Crippen LogP contribution in [0.1, 0.15) is 13.8 Å². The third-order valence-electron chi connectivity index (χ3n) is 3.47. The zero-order chi connectivity index (χ0) is 13.2. The van der Waals surface area contributed by atoms with Crippen LogP contribution < -0.4 is 9.47 Å². The summed E-state index contributed by atoms with van der Waals surface area (Å²) in [5.41, 5.74) is -0.250. The van der Waals surface area contributed by atoms with Crippen LogP contribution in [0.25, 0.3) is 0 Å². The molecule has 0 amide bonds. The van der Waals surface area contributed by atoms with Crippen molar-refractivity contribution in [2.24, 2.45) is 0 Å². The molecule has 1 aliphatic rings. The number of hydrogen-bond acceptors (Lipinski definition) is 4. The third-order valence-corrected chi connectivity index (χ3v) is 3.47. The molecule has 2 rings (SSSR count). The van der Waals surface area contributed by atoms with E-state index in [1.807, 2.05) is 45.2 Å². The summed E-state index contributed by atoms with van der Waals surface area (Å²) in [6.07, 6.45) is -0.00396. The number of fused-ring (bicyclic) bond motifs is 1. The fraction of sp³-hybridized carbons (Fsp3) is 0.571. The molecule has 1 aromatic rings. The van der Waals surface area contributed by atoms with Crippen molar-refractivity contribution in [2.45, 2.75) is 25.5 Å². The SMILES string of the molecule is CN(CC1COc2ccccc2O1)C(C)(C)CO.